The van der Waals surface area contributed by atoms with E-state index in [2.05, 4.69) is 0 Å². The Kier molecular flexibility index (Phi) is 5.40. The molecule has 0 unspecified atom stereocenters. The van der Waals surface area contributed by atoms with Gasteiger partial charge in [0.05, 0.1) is 12.3 Å². The Morgan fingerprint density at radius 3 is 2.14 bits per heavy atom. The number of amides is 1. The maximum absolute atomic E-state index is 11.4. The van der Waals surface area contributed by atoms with Crippen molar-refractivity contribution in [3.63, 3.8) is 0 Å². The Hall–Kier alpha value is -0.330. The lowest BCUT2D eigenvalue weighted by Gasteiger charge is -2.18. The molecule has 0 bridgehead atoms. The summed E-state index contributed by atoms with van der Waals surface area (Å²) in [6, 6.07) is 0. The van der Waals surface area contributed by atoms with E-state index in [0.717, 1.165) is 4.31 Å². The molecule has 0 aromatic heterocycles. The fourth-order valence-corrected chi connectivity index (χ4v) is 2.08. The number of likely N-dealkylation sites (N-methyl/N-ethyl adjacent to an activating group) is 2. The van der Waals surface area contributed by atoms with Crippen LogP contribution in [0.4, 0.5) is 0 Å². The molecule has 0 aliphatic rings. The molecule has 0 rings (SSSR count). The van der Waals surface area contributed by atoms with Crippen molar-refractivity contribution in [3.8, 4) is 0 Å². The molecule has 14 heavy (non-hydrogen) atoms. The lowest BCUT2D eigenvalue weighted by atomic mass is 10.5. The Bertz CT molecular complexity index is 289. The highest BCUT2D eigenvalue weighted by Gasteiger charge is 2.20. The summed E-state index contributed by atoms with van der Waals surface area (Å²) in [6.07, 6.45) is 0. The second kappa shape index (κ2) is 5.53. The van der Waals surface area contributed by atoms with Gasteiger partial charge in [0, 0.05) is 27.0 Å². The predicted octanol–water partition coefficient (Wildman–Crippen LogP) is -0.425. The van der Waals surface area contributed by atoms with Crippen molar-refractivity contribution in [1.82, 2.24) is 9.21 Å². The highest BCUT2D eigenvalue weighted by Crippen LogP contribution is 1.99. The van der Waals surface area contributed by atoms with Crippen molar-refractivity contribution in [3.05, 3.63) is 0 Å². The molecule has 0 aromatic carbocycles. The van der Waals surface area contributed by atoms with Crippen LogP contribution in [0.3, 0.4) is 0 Å². The largest absolute Gasteiger partial charge is 0.348 e. The molecule has 0 saturated heterocycles. The smallest absolute Gasteiger partial charge is 0.237 e. The van der Waals surface area contributed by atoms with Crippen LogP contribution in [-0.4, -0.2) is 62.9 Å². The summed E-state index contributed by atoms with van der Waals surface area (Å²) in [7, 11) is 1.13. The van der Waals surface area contributed by atoms with E-state index in [4.69, 9.17) is 11.6 Å². The van der Waals surface area contributed by atoms with E-state index in [1.54, 1.807) is 14.1 Å². The van der Waals surface area contributed by atoms with Crippen molar-refractivity contribution >= 4 is 27.5 Å². The third-order valence-electron chi connectivity index (χ3n) is 1.67. The van der Waals surface area contributed by atoms with Gasteiger partial charge < -0.3 is 4.90 Å². The van der Waals surface area contributed by atoms with Gasteiger partial charge in [-0.3, -0.25) is 4.79 Å². The fraction of sp³-hybridized carbons (Fsp3) is 0.857. The zero-order valence-electron chi connectivity index (χ0n) is 8.53. The monoisotopic (exact) mass is 242 g/mol. The summed E-state index contributed by atoms with van der Waals surface area (Å²) < 4.78 is 23.7. The van der Waals surface area contributed by atoms with Crippen molar-refractivity contribution < 1.29 is 13.2 Å². The van der Waals surface area contributed by atoms with Crippen LogP contribution in [0.25, 0.3) is 0 Å². The van der Waals surface area contributed by atoms with Gasteiger partial charge in [-0.15, -0.1) is 11.6 Å². The number of hydrogen-bond acceptors (Lipinski definition) is 3. The van der Waals surface area contributed by atoms with Gasteiger partial charge in [0.15, 0.2) is 0 Å². The molecule has 5 nitrogen and oxygen atoms in total. The average Bonchev–Trinajstić information content (AvgIpc) is 2.03. The maximum Gasteiger partial charge on any atom is 0.237 e. The number of sulfonamides is 1. The van der Waals surface area contributed by atoms with Gasteiger partial charge in [0.25, 0.3) is 0 Å². The summed E-state index contributed by atoms with van der Waals surface area (Å²) in [5, 5.41) is 0. The van der Waals surface area contributed by atoms with Gasteiger partial charge in [-0.1, -0.05) is 0 Å². The van der Waals surface area contributed by atoms with Gasteiger partial charge in [-0.05, 0) is 0 Å². The number of halogens is 1. The Balaban J connectivity index is 4.35. The standard InChI is InChI=1S/C7H15ClN2O3S/c1-9(2)7(11)6-10(3)14(12,13)5-4-8/h4-6H2,1-3H3. The van der Waals surface area contributed by atoms with Crippen molar-refractivity contribution in [2.45, 2.75) is 0 Å². The van der Waals surface area contributed by atoms with Crippen LogP contribution in [0.15, 0.2) is 0 Å². The van der Waals surface area contributed by atoms with Gasteiger partial charge in [0.2, 0.25) is 15.9 Å². The molecule has 0 N–H and O–H groups in total. The number of carbonyl (C=O) groups is 1. The van der Waals surface area contributed by atoms with E-state index >= 15 is 0 Å². The van der Waals surface area contributed by atoms with Crippen LogP contribution in [-0.2, 0) is 14.8 Å². The van der Waals surface area contributed by atoms with Crippen LogP contribution in [0, 0.1) is 0 Å². The number of rotatable bonds is 5. The van der Waals surface area contributed by atoms with Crippen LogP contribution >= 0.6 is 11.6 Å². The normalized spacial score (nSPS) is 11.8. The first kappa shape index (κ1) is 13.7. The molecule has 0 aromatic rings. The zero-order valence-corrected chi connectivity index (χ0v) is 10.1. The van der Waals surface area contributed by atoms with Gasteiger partial charge >= 0.3 is 0 Å². The summed E-state index contributed by atoms with van der Waals surface area (Å²) in [6.45, 7) is -0.147. The van der Waals surface area contributed by atoms with Crippen LogP contribution in [0.1, 0.15) is 0 Å². The zero-order chi connectivity index (χ0) is 11.4. The fourth-order valence-electron chi connectivity index (χ4n) is 0.684. The minimum Gasteiger partial charge on any atom is -0.348 e. The van der Waals surface area contributed by atoms with Crippen LogP contribution < -0.4 is 0 Å². The van der Waals surface area contributed by atoms with E-state index in [1.807, 2.05) is 0 Å². The van der Waals surface area contributed by atoms with E-state index in [9.17, 15) is 13.2 Å². The molecule has 0 heterocycles. The minimum atomic E-state index is -3.39. The Labute approximate surface area is 89.7 Å². The summed E-state index contributed by atoms with van der Waals surface area (Å²) >= 11 is 5.33. The van der Waals surface area contributed by atoms with E-state index < -0.39 is 10.0 Å². The Morgan fingerprint density at radius 1 is 1.29 bits per heavy atom. The van der Waals surface area contributed by atoms with Crippen LogP contribution in [0.2, 0.25) is 0 Å². The molecular weight excluding hydrogens is 228 g/mol. The molecular formula is C7H15ClN2O3S. The molecule has 0 radical (unpaired) electrons. The molecule has 0 aliphatic carbocycles. The Morgan fingerprint density at radius 2 is 1.79 bits per heavy atom. The first-order chi connectivity index (χ1) is 6.31. The molecule has 0 aliphatic heterocycles. The minimum absolute atomic E-state index is 0.0306. The highest BCUT2D eigenvalue weighted by molar-refractivity contribution is 7.89. The molecule has 0 spiro atoms. The second-order valence-corrected chi connectivity index (χ2v) is 5.62. The van der Waals surface area contributed by atoms with E-state index in [-0.39, 0.29) is 24.1 Å². The molecule has 7 heteroatoms. The summed E-state index contributed by atoms with van der Waals surface area (Å²) in [5.41, 5.74) is 0. The number of carbonyl (C=O) groups excluding carboxylic acids is 1. The third kappa shape index (κ3) is 4.26. The topological polar surface area (TPSA) is 57.7 Å². The van der Waals surface area contributed by atoms with Crippen molar-refractivity contribution in [1.29, 1.82) is 0 Å². The van der Waals surface area contributed by atoms with Crippen molar-refractivity contribution in [2.75, 3.05) is 39.3 Å². The quantitative estimate of drug-likeness (QED) is 0.615. The number of alkyl halides is 1. The third-order valence-corrected chi connectivity index (χ3v) is 3.88. The molecule has 1 amide bonds. The lowest BCUT2D eigenvalue weighted by molar-refractivity contribution is -0.128. The summed E-state index contributed by atoms with van der Waals surface area (Å²) in [4.78, 5) is 12.5. The van der Waals surface area contributed by atoms with Crippen molar-refractivity contribution in [2.24, 2.45) is 0 Å². The SMILES string of the molecule is CN(C)C(=O)CN(C)S(=O)(=O)CCCl. The first-order valence-electron chi connectivity index (χ1n) is 4.01. The first-order valence-corrected chi connectivity index (χ1v) is 6.15. The number of hydrogen-bond donors (Lipinski definition) is 0. The molecule has 0 atom stereocenters. The molecule has 0 fully saturated rings. The predicted molar refractivity (Wildman–Crippen MR) is 55.8 cm³/mol. The van der Waals surface area contributed by atoms with Crippen LogP contribution in [0.5, 0.6) is 0 Å². The lowest BCUT2D eigenvalue weighted by Crippen LogP contribution is -2.39. The van der Waals surface area contributed by atoms with E-state index in [0.29, 0.717) is 0 Å². The number of nitrogens with zero attached hydrogens (tertiary/aromatic N) is 2. The van der Waals surface area contributed by atoms with E-state index in [1.165, 1.54) is 11.9 Å². The average molecular weight is 243 g/mol. The maximum atomic E-state index is 11.4. The summed E-state index contributed by atoms with van der Waals surface area (Å²) in [5.74, 6) is -0.375. The highest BCUT2D eigenvalue weighted by atomic mass is 35.5. The molecule has 84 valence electrons. The van der Waals surface area contributed by atoms with Gasteiger partial charge in [-0.2, -0.15) is 4.31 Å². The van der Waals surface area contributed by atoms with Gasteiger partial charge in [0.1, 0.15) is 0 Å². The molecule has 0 saturated carbocycles. The van der Waals surface area contributed by atoms with Gasteiger partial charge in [-0.25, -0.2) is 8.42 Å². The second-order valence-electron chi connectivity index (χ2n) is 3.05.